The molecule has 1 unspecified atom stereocenters. The second-order valence-electron chi connectivity index (χ2n) is 5.73. The smallest absolute Gasteiger partial charge is 0.335 e. The maximum Gasteiger partial charge on any atom is 0.335 e. The lowest BCUT2D eigenvalue weighted by molar-refractivity contribution is -0.122. The molecule has 0 bridgehead atoms. The van der Waals surface area contributed by atoms with Gasteiger partial charge in [-0.05, 0) is 43.5 Å². The Morgan fingerprint density at radius 3 is 2.38 bits per heavy atom. The Morgan fingerprint density at radius 1 is 1.33 bits per heavy atom. The number of imide groups is 1. The Bertz CT molecular complexity index is 639. The Labute approximate surface area is 122 Å². The largest absolute Gasteiger partial charge is 0.478 e. The maximum absolute atomic E-state index is 12.5. The van der Waals surface area contributed by atoms with E-state index < -0.39 is 17.5 Å². The number of nitrogens with zero attached hydrogens (tertiary/aromatic N) is 1. The zero-order valence-corrected chi connectivity index (χ0v) is 12.4. The Balaban J connectivity index is 2.44. The zero-order valence-electron chi connectivity index (χ0n) is 12.4. The van der Waals surface area contributed by atoms with Crippen LogP contribution in [0.4, 0.5) is 10.5 Å². The molecule has 0 spiro atoms. The van der Waals surface area contributed by atoms with Gasteiger partial charge in [-0.1, -0.05) is 13.8 Å². The summed E-state index contributed by atoms with van der Waals surface area (Å²) in [4.78, 5) is 36.7. The second-order valence-corrected chi connectivity index (χ2v) is 5.73. The summed E-state index contributed by atoms with van der Waals surface area (Å²) in [5.74, 6) is -1.42. The molecule has 2 rings (SSSR count). The molecule has 0 aliphatic carbocycles. The SMILES string of the molecule is Cc1cc(N2C(=O)NC(C)(C(C)C)C2=O)ccc1C(=O)O. The summed E-state index contributed by atoms with van der Waals surface area (Å²) in [5.41, 5.74) is 0.0803. The predicted molar refractivity (Wildman–Crippen MR) is 77.4 cm³/mol. The van der Waals surface area contributed by atoms with E-state index in [0.29, 0.717) is 11.3 Å². The molecule has 3 amide bonds. The molecule has 1 atom stereocenters. The number of carbonyl (C=O) groups is 3. The van der Waals surface area contributed by atoms with Gasteiger partial charge in [0.05, 0.1) is 11.3 Å². The number of anilines is 1. The zero-order chi connectivity index (χ0) is 15.9. The van der Waals surface area contributed by atoms with E-state index in [1.165, 1.54) is 18.2 Å². The lowest BCUT2D eigenvalue weighted by Gasteiger charge is -2.25. The average Bonchev–Trinajstić information content (AvgIpc) is 2.60. The van der Waals surface area contributed by atoms with Gasteiger partial charge in [0.25, 0.3) is 5.91 Å². The van der Waals surface area contributed by atoms with Gasteiger partial charge in [-0.25, -0.2) is 14.5 Å². The van der Waals surface area contributed by atoms with Crippen LogP contribution in [-0.4, -0.2) is 28.6 Å². The summed E-state index contributed by atoms with van der Waals surface area (Å²) in [6, 6.07) is 3.92. The van der Waals surface area contributed by atoms with Gasteiger partial charge in [0, 0.05) is 0 Å². The minimum absolute atomic E-state index is 0.0571. The monoisotopic (exact) mass is 290 g/mol. The van der Waals surface area contributed by atoms with Gasteiger partial charge in [-0.2, -0.15) is 0 Å². The highest BCUT2D eigenvalue weighted by molar-refractivity contribution is 6.23. The summed E-state index contributed by atoms with van der Waals surface area (Å²) < 4.78 is 0. The quantitative estimate of drug-likeness (QED) is 0.835. The fraction of sp³-hybridized carbons (Fsp3) is 0.400. The molecular formula is C15H18N2O4. The number of aryl methyl sites for hydroxylation is 1. The van der Waals surface area contributed by atoms with Crippen LogP contribution < -0.4 is 10.2 Å². The van der Waals surface area contributed by atoms with E-state index >= 15 is 0 Å². The highest BCUT2D eigenvalue weighted by Gasteiger charge is 2.50. The van der Waals surface area contributed by atoms with Crippen LogP contribution in [0.25, 0.3) is 0 Å². The lowest BCUT2D eigenvalue weighted by atomic mass is 9.88. The number of hydrogen-bond donors (Lipinski definition) is 2. The Hall–Kier alpha value is -2.37. The normalized spacial score (nSPS) is 21.9. The van der Waals surface area contributed by atoms with Gasteiger partial charge >= 0.3 is 12.0 Å². The molecule has 0 saturated carbocycles. The van der Waals surface area contributed by atoms with Crippen molar-refractivity contribution in [1.82, 2.24) is 5.32 Å². The average molecular weight is 290 g/mol. The Kier molecular flexibility index (Phi) is 3.49. The van der Waals surface area contributed by atoms with Crippen LogP contribution in [-0.2, 0) is 4.79 Å². The number of benzene rings is 1. The summed E-state index contributed by atoms with van der Waals surface area (Å²) in [6.45, 7) is 7.05. The van der Waals surface area contributed by atoms with E-state index in [1.807, 2.05) is 13.8 Å². The molecular weight excluding hydrogens is 272 g/mol. The van der Waals surface area contributed by atoms with Gasteiger partial charge in [-0.15, -0.1) is 0 Å². The molecule has 0 aromatic heterocycles. The van der Waals surface area contributed by atoms with Crippen molar-refractivity contribution in [2.45, 2.75) is 33.2 Å². The van der Waals surface area contributed by atoms with Gasteiger partial charge in [-0.3, -0.25) is 4.79 Å². The highest BCUT2D eigenvalue weighted by atomic mass is 16.4. The molecule has 0 radical (unpaired) electrons. The number of urea groups is 1. The van der Waals surface area contributed by atoms with E-state index in [0.717, 1.165) is 4.90 Å². The van der Waals surface area contributed by atoms with Crippen molar-refractivity contribution >= 4 is 23.6 Å². The summed E-state index contributed by atoms with van der Waals surface area (Å²) in [5, 5.41) is 11.7. The number of nitrogens with one attached hydrogen (secondary N) is 1. The van der Waals surface area contributed by atoms with Crippen molar-refractivity contribution in [3.63, 3.8) is 0 Å². The third-order valence-electron chi connectivity index (χ3n) is 4.07. The van der Waals surface area contributed by atoms with E-state index in [4.69, 9.17) is 5.11 Å². The van der Waals surface area contributed by atoms with E-state index in [-0.39, 0.29) is 17.4 Å². The van der Waals surface area contributed by atoms with Gasteiger partial charge < -0.3 is 10.4 Å². The first-order valence-electron chi connectivity index (χ1n) is 6.69. The lowest BCUT2D eigenvalue weighted by Crippen LogP contribution is -2.48. The van der Waals surface area contributed by atoms with Crippen LogP contribution in [0.5, 0.6) is 0 Å². The number of carbonyl (C=O) groups excluding carboxylic acids is 2. The van der Waals surface area contributed by atoms with E-state index in [1.54, 1.807) is 13.8 Å². The van der Waals surface area contributed by atoms with Crippen molar-refractivity contribution in [3.8, 4) is 0 Å². The molecule has 1 aliphatic heterocycles. The number of aromatic carboxylic acids is 1. The van der Waals surface area contributed by atoms with Crippen molar-refractivity contribution < 1.29 is 19.5 Å². The molecule has 1 heterocycles. The number of carboxylic acids is 1. The molecule has 1 fully saturated rings. The van der Waals surface area contributed by atoms with Crippen molar-refractivity contribution in [2.75, 3.05) is 4.90 Å². The van der Waals surface area contributed by atoms with Gasteiger partial charge in [0.1, 0.15) is 5.54 Å². The van der Waals surface area contributed by atoms with Crippen molar-refractivity contribution in [3.05, 3.63) is 29.3 Å². The fourth-order valence-electron chi connectivity index (χ4n) is 2.31. The van der Waals surface area contributed by atoms with Crippen molar-refractivity contribution in [2.24, 2.45) is 5.92 Å². The molecule has 112 valence electrons. The summed E-state index contributed by atoms with van der Waals surface area (Å²) in [6.07, 6.45) is 0. The Morgan fingerprint density at radius 2 is 1.95 bits per heavy atom. The first-order valence-corrected chi connectivity index (χ1v) is 6.69. The molecule has 2 N–H and O–H groups in total. The molecule has 6 nitrogen and oxygen atoms in total. The highest BCUT2D eigenvalue weighted by Crippen LogP contribution is 2.30. The van der Waals surface area contributed by atoms with Gasteiger partial charge in [0.15, 0.2) is 0 Å². The number of amides is 3. The van der Waals surface area contributed by atoms with Crippen LogP contribution in [0.15, 0.2) is 18.2 Å². The predicted octanol–water partition coefficient (Wildman–Crippen LogP) is 2.16. The van der Waals surface area contributed by atoms with Crippen LogP contribution >= 0.6 is 0 Å². The fourth-order valence-corrected chi connectivity index (χ4v) is 2.31. The van der Waals surface area contributed by atoms with E-state index in [9.17, 15) is 14.4 Å². The van der Waals surface area contributed by atoms with E-state index in [2.05, 4.69) is 5.32 Å². The van der Waals surface area contributed by atoms with Crippen LogP contribution in [0, 0.1) is 12.8 Å². The van der Waals surface area contributed by atoms with Crippen molar-refractivity contribution in [1.29, 1.82) is 0 Å². The topological polar surface area (TPSA) is 86.7 Å². The standard InChI is InChI=1S/C15H18N2O4/c1-8(2)15(4)13(20)17(14(21)16-15)10-5-6-11(12(18)19)9(3)7-10/h5-8H,1-4H3,(H,16,21)(H,18,19). The molecule has 21 heavy (non-hydrogen) atoms. The molecule has 1 aromatic carbocycles. The number of carboxylic acid groups (broad SMARTS) is 1. The number of hydrogen-bond acceptors (Lipinski definition) is 3. The summed E-state index contributed by atoms with van der Waals surface area (Å²) in [7, 11) is 0. The maximum atomic E-state index is 12.5. The first kappa shape index (κ1) is 15.0. The third-order valence-corrected chi connectivity index (χ3v) is 4.07. The summed E-state index contributed by atoms with van der Waals surface area (Å²) >= 11 is 0. The molecule has 1 aromatic rings. The number of rotatable bonds is 3. The third kappa shape index (κ3) is 2.26. The van der Waals surface area contributed by atoms with Gasteiger partial charge in [0.2, 0.25) is 0 Å². The minimum atomic E-state index is -1.04. The van der Waals surface area contributed by atoms with Crippen LogP contribution in [0.2, 0.25) is 0 Å². The van der Waals surface area contributed by atoms with Crippen LogP contribution in [0.3, 0.4) is 0 Å². The molecule has 1 saturated heterocycles. The molecule has 1 aliphatic rings. The second kappa shape index (κ2) is 4.87. The minimum Gasteiger partial charge on any atom is -0.478 e. The molecule has 6 heteroatoms. The van der Waals surface area contributed by atoms with Crippen LogP contribution in [0.1, 0.15) is 36.7 Å². The first-order chi connectivity index (χ1) is 9.68.